The van der Waals surface area contributed by atoms with Gasteiger partial charge in [-0.1, -0.05) is 43.2 Å². The number of amides is 1. The second-order valence-corrected chi connectivity index (χ2v) is 7.67. The fourth-order valence-electron chi connectivity index (χ4n) is 4.20. The van der Waals surface area contributed by atoms with E-state index in [1.807, 2.05) is 23.1 Å². The Morgan fingerprint density at radius 1 is 1.19 bits per heavy atom. The molecule has 1 saturated carbocycles. The summed E-state index contributed by atoms with van der Waals surface area (Å²) in [6.07, 6.45) is 5.28. The molecule has 1 aliphatic heterocycles. The Hall–Kier alpha value is -2.43. The van der Waals surface area contributed by atoms with Gasteiger partial charge in [-0.05, 0) is 19.8 Å². The van der Waals surface area contributed by atoms with Gasteiger partial charge in [0.25, 0.3) is 0 Å². The van der Waals surface area contributed by atoms with Gasteiger partial charge < -0.3 is 9.80 Å². The van der Waals surface area contributed by atoms with E-state index < -0.39 is 0 Å². The number of fused-ring (bicyclic) bond motifs is 1. The monoisotopic (exact) mass is 364 g/mol. The lowest BCUT2D eigenvalue weighted by atomic mass is 10.0. The first kappa shape index (κ1) is 18.0. The molecule has 0 unspecified atom stereocenters. The van der Waals surface area contributed by atoms with Crippen LogP contribution in [0.4, 0.5) is 5.82 Å². The number of carbonyl (C=O) groups excluding carboxylic acids is 1. The maximum atomic E-state index is 12.9. The predicted molar refractivity (Wildman–Crippen MR) is 107 cm³/mol. The Balaban J connectivity index is 1.68. The van der Waals surface area contributed by atoms with Crippen LogP contribution >= 0.6 is 0 Å². The molecule has 27 heavy (non-hydrogen) atoms. The van der Waals surface area contributed by atoms with Crippen molar-refractivity contribution in [2.24, 2.45) is 5.92 Å². The molecule has 5 nitrogen and oxygen atoms in total. The fraction of sp³-hybridized carbons (Fsp3) is 0.500. The fourth-order valence-corrected chi connectivity index (χ4v) is 4.20. The van der Waals surface area contributed by atoms with E-state index in [9.17, 15) is 4.79 Å². The van der Waals surface area contributed by atoms with Gasteiger partial charge in [-0.3, -0.25) is 4.79 Å². The molecule has 1 fully saturated rings. The molecular formula is C22H28N4O. The molecule has 4 rings (SSSR count). The molecule has 5 heteroatoms. The summed E-state index contributed by atoms with van der Waals surface area (Å²) < 4.78 is 0. The van der Waals surface area contributed by atoms with Crippen molar-refractivity contribution in [3.63, 3.8) is 0 Å². The quantitative estimate of drug-likeness (QED) is 0.830. The van der Waals surface area contributed by atoms with E-state index in [0.717, 1.165) is 60.8 Å². The Bertz CT molecular complexity index is 815. The van der Waals surface area contributed by atoms with Crippen molar-refractivity contribution in [1.29, 1.82) is 0 Å². The lowest BCUT2D eigenvalue weighted by molar-refractivity contribution is -0.136. The summed E-state index contributed by atoms with van der Waals surface area (Å²) in [6.45, 7) is 4.40. The molecule has 1 aromatic carbocycles. The lowest BCUT2D eigenvalue weighted by Crippen LogP contribution is -2.40. The van der Waals surface area contributed by atoms with Crippen LogP contribution in [-0.4, -0.2) is 40.9 Å². The standard InChI is InChI=1S/C22H28N4O/c1-3-25(2)21-18-15-26(22(27)17-11-7-8-12-17)14-13-19(18)23-20(24-21)16-9-5-4-6-10-16/h4-6,9-10,17H,3,7-8,11-15H2,1-2H3. The van der Waals surface area contributed by atoms with Crippen LogP contribution in [0.1, 0.15) is 43.9 Å². The van der Waals surface area contributed by atoms with E-state index in [1.165, 1.54) is 12.8 Å². The highest BCUT2D eigenvalue weighted by Crippen LogP contribution is 2.32. The molecule has 0 bridgehead atoms. The van der Waals surface area contributed by atoms with Crippen molar-refractivity contribution in [3.05, 3.63) is 41.6 Å². The average Bonchev–Trinajstić information content (AvgIpc) is 3.27. The van der Waals surface area contributed by atoms with Gasteiger partial charge in [0.05, 0.1) is 12.2 Å². The molecule has 2 aliphatic rings. The third-order valence-electron chi connectivity index (χ3n) is 5.92. The summed E-state index contributed by atoms with van der Waals surface area (Å²) in [4.78, 5) is 26.9. The topological polar surface area (TPSA) is 49.3 Å². The van der Waals surface area contributed by atoms with Crippen molar-refractivity contribution < 1.29 is 4.79 Å². The van der Waals surface area contributed by atoms with Crippen LogP contribution in [0.15, 0.2) is 30.3 Å². The molecule has 1 amide bonds. The van der Waals surface area contributed by atoms with Gasteiger partial charge in [0.1, 0.15) is 5.82 Å². The van der Waals surface area contributed by atoms with Crippen LogP contribution in [-0.2, 0) is 17.8 Å². The first-order valence-electron chi connectivity index (χ1n) is 10.1. The highest BCUT2D eigenvalue weighted by molar-refractivity contribution is 5.79. The largest absolute Gasteiger partial charge is 0.360 e. The number of benzene rings is 1. The molecule has 0 radical (unpaired) electrons. The van der Waals surface area contributed by atoms with E-state index >= 15 is 0 Å². The zero-order valence-electron chi connectivity index (χ0n) is 16.3. The number of hydrogen-bond acceptors (Lipinski definition) is 4. The molecule has 142 valence electrons. The lowest BCUT2D eigenvalue weighted by Gasteiger charge is -2.33. The second kappa shape index (κ2) is 7.67. The van der Waals surface area contributed by atoms with Gasteiger partial charge in [0, 0.05) is 43.6 Å². The van der Waals surface area contributed by atoms with Crippen molar-refractivity contribution >= 4 is 11.7 Å². The average molecular weight is 364 g/mol. The number of rotatable bonds is 4. The Morgan fingerprint density at radius 2 is 1.93 bits per heavy atom. The summed E-state index contributed by atoms with van der Waals surface area (Å²) in [5.74, 6) is 2.30. The summed E-state index contributed by atoms with van der Waals surface area (Å²) in [6, 6.07) is 10.1. The van der Waals surface area contributed by atoms with Crippen LogP contribution in [0.5, 0.6) is 0 Å². The van der Waals surface area contributed by atoms with Crippen LogP contribution in [0.2, 0.25) is 0 Å². The summed E-state index contributed by atoms with van der Waals surface area (Å²) in [7, 11) is 2.06. The third kappa shape index (κ3) is 3.55. The number of hydrogen-bond donors (Lipinski definition) is 0. The van der Waals surface area contributed by atoms with Crippen molar-refractivity contribution in [2.75, 3.05) is 25.0 Å². The molecule has 0 atom stereocenters. The number of nitrogens with zero attached hydrogens (tertiary/aromatic N) is 4. The summed E-state index contributed by atoms with van der Waals surface area (Å²) >= 11 is 0. The molecule has 2 aromatic rings. The van der Waals surface area contributed by atoms with Crippen molar-refractivity contribution in [3.8, 4) is 11.4 Å². The maximum Gasteiger partial charge on any atom is 0.225 e. The van der Waals surface area contributed by atoms with Crippen LogP contribution in [0, 0.1) is 5.92 Å². The van der Waals surface area contributed by atoms with Gasteiger partial charge in [-0.25, -0.2) is 9.97 Å². The molecule has 1 aromatic heterocycles. The first-order valence-corrected chi connectivity index (χ1v) is 10.1. The second-order valence-electron chi connectivity index (χ2n) is 7.67. The highest BCUT2D eigenvalue weighted by atomic mass is 16.2. The van der Waals surface area contributed by atoms with Gasteiger partial charge >= 0.3 is 0 Å². The first-order chi connectivity index (χ1) is 13.2. The number of anilines is 1. The van der Waals surface area contributed by atoms with E-state index in [2.05, 4.69) is 31.0 Å². The molecule has 0 N–H and O–H groups in total. The van der Waals surface area contributed by atoms with Gasteiger partial charge in [-0.2, -0.15) is 0 Å². The van der Waals surface area contributed by atoms with E-state index in [-0.39, 0.29) is 5.92 Å². The molecule has 1 aliphatic carbocycles. The van der Waals surface area contributed by atoms with Gasteiger partial charge in [0.2, 0.25) is 5.91 Å². The van der Waals surface area contributed by atoms with Crippen LogP contribution < -0.4 is 4.90 Å². The number of carbonyl (C=O) groups is 1. The minimum absolute atomic E-state index is 0.225. The third-order valence-corrected chi connectivity index (χ3v) is 5.92. The Kier molecular flexibility index (Phi) is 5.10. The summed E-state index contributed by atoms with van der Waals surface area (Å²) in [5.41, 5.74) is 3.25. The van der Waals surface area contributed by atoms with Crippen molar-refractivity contribution in [1.82, 2.24) is 14.9 Å². The molecule has 0 spiro atoms. The predicted octanol–water partition coefficient (Wildman–Crippen LogP) is 3.67. The van der Waals surface area contributed by atoms with Crippen LogP contribution in [0.3, 0.4) is 0 Å². The zero-order valence-corrected chi connectivity index (χ0v) is 16.3. The van der Waals surface area contributed by atoms with E-state index in [0.29, 0.717) is 12.5 Å². The van der Waals surface area contributed by atoms with Crippen LogP contribution in [0.25, 0.3) is 11.4 Å². The molecule has 0 saturated heterocycles. The highest BCUT2D eigenvalue weighted by Gasteiger charge is 2.31. The Morgan fingerprint density at radius 3 is 2.63 bits per heavy atom. The zero-order chi connectivity index (χ0) is 18.8. The van der Waals surface area contributed by atoms with Gasteiger partial charge in [0.15, 0.2) is 5.82 Å². The van der Waals surface area contributed by atoms with Crippen molar-refractivity contribution in [2.45, 2.75) is 45.6 Å². The normalized spacial score (nSPS) is 17.0. The minimum atomic E-state index is 0.225. The molecular weight excluding hydrogens is 336 g/mol. The summed E-state index contributed by atoms with van der Waals surface area (Å²) in [5, 5.41) is 0. The Labute approximate surface area is 161 Å². The number of aromatic nitrogens is 2. The molecule has 2 heterocycles. The minimum Gasteiger partial charge on any atom is -0.360 e. The van der Waals surface area contributed by atoms with E-state index in [4.69, 9.17) is 9.97 Å². The smallest absolute Gasteiger partial charge is 0.225 e. The SMILES string of the molecule is CCN(C)c1nc(-c2ccccc2)nc2c1CN(C(=O)C1CCCC1)CC2. The van der Waals surface area contributed by atoms with Gasteiger partial charge in [-0.15, -0.1) is 0 Å². The van der Waals surface area contributed by atoms with E-state index in [1.54, 1.807) is 0 Å². The maximum absolute atomic E-state index is 12.9.